The van der Waals surface area contributed by atoms with Crippen molar-refractivity contribution in [3.63, 3.8) is 0 Å². The third-order valence-electron chi connectivity index (χ3n) is 3.40. The largest absolute Gasteiger partial charge is 0.478 e. The van der Waals surface area contributed by atoms with Gasteiger partial charge in [0, 0.05) is 9.40 Å². The van der Waals surface area contributed by atoms with Crippen LogP contribution in [-0.4, -0.2) is 22.2 Å². The Morgan fingerprint density at radius 2 is 1.08 bits per heavy atom. The second-order valence-corrected chi connectivity index (χ2v) is 6.85. The molecule has 4 rings (SSSR count). The first-order chi connectivity index (χ1) is 11.5. The quantitative estimate of drug-likeness (QED) is 0.518. The highest BCUT2D eigenvalue weighted by Crippen LogP contribution is 2.22. The zero-order valence-electron chi connectivity index (χ0n) is 12.3. The van der Waals surface area contributed by atoms with Gasteiger partial charge < -0.3 is 10.2 Å². The van der Waals surface area contributed by atoms with E-state index < -0.39 is 11.9 Å². The predicted molar refractivity (Wildman–Crippen MR) is 97.6 cm³/mol. The lowest BCUT2D eigenvalue weighted by molar-refractivity contribution is 0.0686. The highest BCUT2D eigenvalue weighted by molar-refractivity contribution is 7.17. The summed E-state index contributed by atoms with van der Waals surface area (Å²) in [5.74, 6) is -1.74. The molecule has 2 N–H and O–H groups in total. The van der Waals surface area contributed by atoms with Crippen molar-refractivity contribution in [2.75, 3.05) is 0 Å². The Labute approximate surface area is 145 Å². The standard InChI is InChI=1S/2C9H6O2S/c2*10-9(11)7-1-2-8-6(5-7)3-4-12-8/h2*1-5H,(H,10,11). The van der Waals surface area contributed by atoms with Gasteiger partial charge in [0.05, 0.1) is 11.1 Å². The Bertz CT molecular complexity index is 946. The summed E-state index contributed by atoms with van der Waals surface area (Å²) in [5.41, 5.74) is 0.696. The number of carboxylic acids is 2. The van der Waals surface area contributed by atoms with E-state index in [1.54, 1.807) is 46.9 Å². The second kappa shape index (κ2) is 6.82. The van der Waals surface area contributed by atoms with Crippen molar-refractivity contribution < 1.29 is 19.8 Å². The van der Waals surface area contributed by atoms with E-state index in [1.807, 2.05) is 35.0 Å². The molecule has 0 aliphatic rings. The lowest BCUT2D eigenvalue weighted by atomic mass is 10.2. The number of hydrogen-bond acceptors (Lipinski definition) is 4. The van der Waals surface area contributed by atoms with Crippen LogP contribution in [0, 0.1) is 0 Å². The number of rotatable bonds is 2. The first-order valence-electron chi connectivity index (χ1n) is 6.96. The van der Waals surface area contributed by atoms with Gasteiger partial charge in [0.15, 0.2) is 0 Å². The minimum atomic E-state index is -0.872. The minimum absolute atomic E-state index is 0.348. The van der Waals surface area contributed by atoms with Crippen LogP contribution in [-0.2, 0) is 0 Å². The average molecular weight is 356 g/mol. The zero-order valence-corrected chi connectivity index (χ0v) is 13.9. The highest BCUT2D eigenvalue weighted by atomic mass is 32.1. The smallest absolute Gasteiger partial charge is 0.335 e. The van der Waals surface area contributed by atoms with Crippen LogP contribution in [0.25, 0.3) is 20.2 Å². The van der Waals surface area contributed by atoms with E-state index in [2.05, 4.69) is 0 Å². The topological polar surface area (TPSA) is 74.6 Å². The summed E-state index contributed by atoms with van der Waals surface area (Å²) in [6.45, 7) is 0. The van der Waals surface area contributed by atoms with E-state index in [9.17, 15) is 9.59 Å². The van der Waals surface area contributed by atoms with Crippen molar-refractivity contribution in [2.45, 2.75) is 0 Å². The molecule has 2 heterocycles. The molecule has 0 unspecified atom stereocenters. The van der Waals surface area contributed by atoms with E-state index in [0.29, 0.717) is 11.1 Å². The number of aromatic carboxylic acids is 2. The summed E-state index contributed by atoms with van der Waals surface area (Å²) in [6, 6.07) is 14.1. The molecule has 0 aliphatic heterocycles. The first kappa shape index (κ1) is 16.2. The van der Waals surface area contributed by atoms with Gasteiger partial charge in [-0.05, 0) is 70.1 Å². The van der Waals surface area contributed by atoms with Crippen molar-refractivity contribution in [2.24, 2.45) is 0 Å². The van der Waals surface area contributed by atoms with Gasteiger partial charge in [-0.25, -0.2) is 9.59 Å². The molecule has 4 aromatic rings. The number of carbonyl (C=O) groups is 2. The fraction of sp³-hybridized carbons (Fsp3) is 0. The Balaban J connectivity index is 0.000000141. The molecule has 0 atom stereocenters. The fourth-order valence-corrected chi connectivity index (χ4v) is 3.74. The molecule has 2 aromatic carbocycles. The van der Waals surface area contributed by atoms with Crippen LogP contribution in [0.1, 0.15) is 20.7 Å². The summed E-state index contributed by atoms with van der Waals surface area (Å²) in [5, 5.41) is 23.3. The molecule has 2 aromatic heterocycles. The van der Waals surface area contributed by atoms with E-state index in [-0.39, 0.29) is 0 Å². The zero-order chi connectivity index (χ0) is 17.1. The van der Waals surface area contributed by atoms with Crippen LogP contribution in [0.15, 0.2) is 59.3 Å². The summed E-state index contributed by atoms with van der Waals surface area (Å²) >= 11 is 3.23. The van der Waals surface area contributed by atoms with E-state index in [0.717, 1.165) is 20.2 Å². The van der Waals surface area contributed by atoms with Crippen LogP contribution >= 0.6 is 22.7 Å². The summed E-state index contributed by atoms with van der Waals surface area (Å²) in [6.07, 6.45) is 0. The van der Waals surface area contributed by atoms with Gasteiger partial charge >= 0.3 is 11.9 Å². The van der Waals surface area contributed by atoms with Crippen molar-refractivity contribution in [1.29, 1.82) is 0 Å². The third-order valence-corrected chi connectivity index (χ3v) is 5.19. The first-order valence-corrected chi connectivity index (χ1v) is 8.71. The van der Waals surface area contributed by atoms with Gasteiger partial charge in [0.2, 0.25) is 0 Å². The Hall–Kier alpha value is -2.70. The van der Waals surface area contributed by atoms with Gasteiger partial charge in [0.1, 0.15) is 0 Å². The SMILES string of the molecule is O=C(O)c1ccc2sccc2c1.O=C(O)c1ccc2sccc2c1. The monoisotopic (exact) mass is 356 g/mol. The van der Waals surface area contributed by atoms with E-state index >= 15 is 0 Å². The summed E-state index contributed by atoms with van der Waals surface area (Å²) in [4.78, 5) is 21.1. The molecule has 24 heavy (non-hydrogen) atoms. The van der Waals surface area contributed by atoms with Crippen molar-refractivity contribution in [1.82, 2.24) is 0 Å². The maximum absolute atomic E-state index is 10.6. The van der Waals surface area contributed by atoms with Gasteiger partial charge in [-0.3, -0.25) is 0 Å². The number of thiophene rings is 2. The molecular weight excluding hydrogens is 344 g/mol. The molecule has 6 heteroatoms. The molecule has 0 fully saturated rings. The predicted octanol–water partition coefficient (Wildman–Crippen LogP) is 5.20. The van der Waals surface area contributed by atoms with Crippen LogP contribution in [0.3, 0.4) is 0 Å². The molecule has 0 spiro atoms. The van der Waals surface area contributed by atoms with Crippen LogP contribution in [0.4, 0.5) is 0 Å². The van der Waals surface area contributed by atoms with Crippen LogP contribution in [0.2, 0.25) is 0 Å². The van der Waals surface area contributed by atoms with E-state index in [1.165, 1.54) is 0 Å². The number of hydrogen-bond donors (Lipinski definition) is 2. The number of carboxylic acid groups (broad SMARTS) is 2. The average Bonchev–Trinajstić information content (AvgIpc) is 3.22. The lowest BCUT2D eigenvalue weighted by Crippen LogP contribution is -1.94. The normalized spacial score (nSPS) is 10.3. The van der Waals surface area contributed by atoms with Gasteiger partial charge in [0.25, 0.3) is 0 Å². The van der Waals surface area contributed by atoms with Crippen molar-refractivity contribution >= 4 is 54.8 Å². The highest BCUT2D eigenvalue weighted by Gasteiger charge is 2.03. The maximum Gasteiger partial charge on any atom is 0.335 e. The molecule has 0 bridgehead atoms. The van der Waals surface area contributed by atoms with Crippen LogP contribution < -0.4 is 0 Å². The lowest BCUT2D eigenvalue weighted by Gasteiger charge is -1.92. The Morgan fingerprint density at radius 3 is 1.46 bits per heavy atom. The van der Waals surface area contributed by atoms with E-state index in [4.69, 9.17) is 10.2 Å². The fourth-order valence-electron chi connectivity index (χ4n) is 2.20. The minimum Gasteiger partial charge on any atom is -0.478 e. The van der Waals surface area contributed by atoms with Crippen LogP contribution in [0.5, 0.6) is 0 Å². The molecule has 120 valence electrons. The molecule has 0 aliphatic carbocycles. The third kappa shape index (κ3) is 3.45. The van der Waals surface area contributed by atoms with Gasteiger partial charge in [-0.15, -0.1) is 22.7 Å². The second-order valence-electron chi connectivity index (χ2n) is 4.96. The van der Waals surface area contributed by atoms with Gasteiger partial charge in [-0.2, -0.15) is 0 Å². The molecule has 0 radical (unpaired) electrons. The van der Waals surface area contributed by atoms with Crippen molar-refractivity contribution in [3.8, 4) is 0 Å². The molecule has 0 amide bonds. The molecule has 0 saturated heterocycles. The number of benzene rings is 2. The Kier molecular flexibility index (Phi) is 4.59. The van der Waals surface area contributed by atoms with Gasteiger partial charge in [-0.1, -0.05) is 0 Å². The molecule has 0 saturated carbocycles. The Morgan fingerprint density at radius 1 is 0.667 bits per heavy atom. The number of fused-ring (bicyclic) bond motifs is 2. The molecular formula is C18H12O4S2. The maximum atomic E-state index is 10.6. The summed E-state index contributed by atoms with van der Waals surface area (Å²) < 4.78 is 2.25. The van der Waals surface area contributed by atoms with Crippen molar-refractivity contribution in [3.05, 3.63) is 70.4 Å². The molecule has 4 nitrogen and oxygen atoms in total. The summed E-state index contributed by atoms with van der Waals surface area (Å²) in [7, 11) is 0.